The highest BCUT2D eigenvalue weighted by Crippen LogP contribution is 2.33. The molecule has 1 aromatic carbocycles. The maximum Gasteiger partial charge on any atom is 0.267 e. The minimum absolute atomic E-state index is 0.195. The van der Waals surface area contributed by atoms with Crippen LogP contribution in [-0.4, -0.2) is 37.6 Å². The van der Waals surface area contributed by atoms with E-state index in [-0.39, 0.29) is 11.5 Å². The summed E-state index contributed by atoms with van der Waals surface area (Å²) in [5, 5.41) is 3.11. The summed E-state index contributed by atoms with van der Waals surface area (Å²) in [4.78, 5) is 32.9. The van der Waals surface area contributed by atoms with Gasteiger partial charge < -0.3 is 5.32 Å². The molecule has 1 aliphatic heterocycles. The van der Waals surface area contributed by atoms with Crippen LogP contribution in [0.4, 0.5) is 5.82 Å². The summed E-state index contributed by atoms with van der Waals surface area (Å²) in [6.45, 7) is 6.55. The zero-order valence-electron chi connectivity index (χ0n) is 17.6. The summed E-state index contributed by atoms with van der Waals surface area (Å²) >= 11 is 6.66. The maximum atomic E-state index is 13.3. The van der Waals surface area contributed by atoms with Gasteiger partial charge in [0.1, 0.15) is 15.8 Å². The van der Waals surface area contributed by atoms with Gasteiger partial charge in [-0.15, -0.1) is 6.58 Å². The molecule has 6 nitrogen and oxygen atoms in total. The average Bonchev–Trinajstić information content (AvgIpc) is 3.06. The molecule has 1 saturated heterocycles. The smallest absolute Gasteiger partial charge is 0.267 e. The molecule has 1 aliphatic rings. The van der Waals surface area contributed by atoms with Crippen LogP contribution in [0.5, 0.6) is 0 Å². The number of aromatic nitrogens is 2. The Hall–Kier alpha value is -3.23. The van der Waals surface area contributed by atoms with Crippen LogP contribution in [0.15, 0.2) is 71.0 Å². The van der Waals surface area contributed by atoms with E-state index in [1.54, 1.807) is 29.3 Å². The highest BCUT2D eigenvalue weighted by molar-refractivity contribution is 8.26. The van der Waals surface area contributed by atoms with Crippen molar-refractivity contribution >= 4 is 51.7 Å². The second kappa shape index (κ2) is 9.50. The van der Waals surface area contributed by atoms with Crippen LogP contribution in [0.3, 0.4) is 0 Å². The van der Waals surface area contributed by atoms with Crippen molar-refractivity contribution in [2.24, 2.45) is 0 Å². The Morgan fingerprint density at radius 1 is 1.19 bits per heavy atom. The van der Waals surface area contributed by atoms with Crippen LogP contribution in [0.2, 0.25) is 0 Å². The molecule has 0 spiro atoms. The predicted molar refractivity (Wildman–Crippen MR) is 135 cm³/mol. The molecule has 4 rings (SSSR count). The fourth-order valence-electron chi connectivity index (χ4n) is 3.40. The lowest BCUT2D eigenvalue weighted by Crippen LogP contribution is -2.30. The molecule has 0 aliphatic carbocycles. The number of aryl methyl sites for hydroxylation is 1. The molecule has 162 valence electrons. The Morgan fingerprint density at radius 2 is 1.97 bits per heavy atom. The van der Waals surface area contributed by atoms with E-state index in [0.717, 1.165) is 11.1 Å². The number of anilines is 1. The molecule has 1 N–H and O–H groups in total. The molecule has 0 unspecified atom stereocenters. The van der Waals surface area contributed by atoms with Gasteiger partial charge in [0, 0.05) is 19.3 Å². The fourth-order valence-corrected chi connectivity index (χ4v) is 4.69. The third-order valence-electron chi connectivity index (χ3n) is 5.04. The predicted octanol–water partition coefficient (Wildman–Crippen LogP) is 4.04. The molecule has 1 fully saturated rings. The Labute approximate surface area is 195 Å². The highest BCUT2D eigenvalue weighted by Gasteiger charge is 2.32. The van der Waals surface area contributed by atoms with Crippen molar-refractivity contribution < 1.29 is 4.79 Å². The summed E-state index contributed by atoms with van der Waals surface area (Å²) in [6.07, 6.45) is 5.72. The number of thiocarbonyl (C=S) groups is 1. The molecule has 3 heterocycles. The molecular formula is C24H22N4O2S2. The van der Waals surface area contributed by atoms with Crippen molar-refractivity contribution in [1.82, 2.24) is 14.3 Å². The topological polar surface area (TPSA) is 66.7 Å². The third kappa shape index (κ3) is 4.51. The maximum absolute atomic E-state index is 13.3. The number of amides is 1. The first kappa shape index (κ1) is 22.0. The number of hydrogen-bond donors (Lipinski definition) is 1. The molecule has 1 amide bonds. The van der Waals surface area contributed by atoms with Crippen LogP contribution in [0.25, 0.3) is 11.7 Å². The number of carbonyl (C=O) groups is 1. The summed E-state index contributed by atoms with van der Waals surface area (Å²) in [7, 11) is 0. The number of fused-ring (bicyclic) bond motifs is 1. The lowest BCUT2D eigenvalue weighted by molar-refractivity contribution is -0.122. The number of nitrogens with zero attached hydrogens (tertiary/aromatic N) is 3. The lowest BCUT2D eigenvalue weighted by Gasteiger charge is -2.14. The molecule has 32 heavy (non-hydrogen) atoms. The van der Waals surface area contributed by atoms with Crippen molar-refractivity contribution in [3.63, 3.8) is 0 Å². The Balaban J connectivity index is 1.69. The molecule has 0 radical (unpaired) electrons. The summed E-state index contributed by atoms with van der Waals surface area (Å²) in [5.41, 5.74) is 2.67. The monoisotopic (exact) mass is 462 g/mol. The van der Waals surface area contributed by atoms with E-state index >= 15 is 0 Å². The molecule has 8 heteroatoms. The van der Waals surface area contributed by atoms with E-state index in [0.29, 0.717) is 45.8 Å². The molecule has 0 atom stereocenters. The first-order valence-corrected chi connectivity index (χ1v) is 11.4. The number of benzene rings is 1. The van der Waals surface area contributed by atoms with E-state index in [9.17, 15) is 9.59 Å². The van der Waals surface area contributed by atoms with Crippen molar-refractivity contribution in [2.75, 3.05) is 18.4 Å². The quantitative estimate of drug-likeness (QED) is 0.325. The van der Waals surface area contributed by atoms with Crippen LogP contribution >= 0.6 is 24.0 Å². The molecular weight excluding hydrogens is 440 g/mol. The first-order valence-electron chi connectivity index (χ1n) is 10.1. The zero-order valence-corrected chi connectivity index (χ0v) is 19.2. The van der Waals surface area contributed by atoms with Gasteiger partial charge in [0.15, 0.2) is 0 Å². The van der Waals surface area contributed by atoms with Gasteiger partial charge in [-0.05, 0) is 36.6 Å². The van der Waals surface area contributed by atoms with E-state index in [2.05, 4.69) is 16.9 Å². The van der Waals surface area contributed by atoms with Crippen molar-refractivity contribution in [1.29, 1.82) is 0 Å². The number of thioether (sulfide) groups is 1. The van der Waals surface area contributed by atoms with Gasteiger partial charge in [0.25, 0.3) is 11.5 Å². The molecule has 3 aromatic rings. The van der Waals surface area contributed by atoms with Crippen LogP contribution in [0.1, 0.15) is 16.7 Å². The van der Waals surface area contributed by atoms with Crippen LogP contribution in [0, 0.1) is 6.92 Å². The number of carbonyl (C=O) groups excluding carboxylic acids is 1. The van der Waals surface area contributed by atoms with E-state index in [4.69, 9.17) is 12.2 Å². The minimum Gasteiger partial charge on any atom is -0.366 e. The second-order valence-electron chi connectivity index (χ2n) is 7.35. The number of rotatable bonds is 7. The third-order valence-corrected chi connectivity index (χ3v) is 6.41. The standard InChI is InChI=1S/C24H22N4O2S2/c1-3-12-25-21-18(22(29)28-15-16(2)9-10-20(28)26-21)14-19-23(30)27(24(31)32-19)13-11-17-7-5-4-6-8-17/h3-10,14-15,25H,1,11-13H2,2H3/b19-14-. The SMILES string of the molecule is C=CCNc1nc2ccc(C)cn2c(=O)c1/C=C1\SC(=S)N(CCc2ccccc2)C1=O. The highest BCUT2D eigenvalue weighted by atomic mass is 32.2. The Kier molecular flexibility index (Phi) is 6.53. The number of pyridine rings is 1. The van der Waals surface area contributed by atoms with Gasteiger partial charge in [0.2, 0.25) is 0 Å². The van der Waals surface area contributed by atoms with Crippen LogP contribution in [-0.2, 0) is 11.2 Å². The Bertz CT molecular complexity index is 1300. The lowest BCUT2D eigenvalue weighted by atomic mass is 10.1. The van der Waals surface area contributed by atoms with E-state index < -0.39 is 0 Å². The van der Waals surface area contributed by atoms with Crippen molar-refractivity contribution in [3.8, 4) is 0 Å². The molecule has 0 saturated carbocycles. The molecule has 0 bridgehead atoms. The van der Waals surface area contributed by atoms with Gasteiger partial charge in [-0.1, -0.05) is 66.5 Å². The van der Waals surface area contributed by atoms with Crippen LogP contribution < -0.4 is 10.9 Å². The van der Waals surface area contributed by atoms with E-state index in [1.165, 1.54) is 16.2 Å². The number of hydrogen-bond acceptors (Lipinski definition) is 6. The largest absolute Gasteiger partial charge is 0.366 e. The first-order chi connectivity index (χ1) is 15.5. The summed E-state index contributed by atoms with van der Waals surface area (Å²) < 4.78 is 1.98. The van der Waals surface area contributed by atoms with Gasteiger partial charge in [-0.3, -0.25) is 18.9 Å². The fraction of sp³-hybridized carbons (Fsp3) is 0.167. The Morgan fingerprint density at radius 3 is 2.72 bits per heavy atom. The average molecular weight is 463 g/mol. The molecule has 2 aromatic heterocycles. The summed E-state index contributed by atoms with van der Waals surface area (Å²) in [6, 6.07) is 13.6. The van der Waals surface area contributed by atoms with Crippen molar-refractivity contribution in [2.45, 2.75) is 13.3 Å². The van der Waals surface area contributed by atoms with Gasteiger partial charge in [0.05, 0.1) is 10.5 Å². The zero-order chi connectivity index (χ0) is 22.7. The van der Waals surface area contributed by atoms with E-state index in [1.807, 2.05) is 43.3 Å². The van der Waals surface area contributed by atoms with Gasteiger partial charge in [-0.2, -0.15) is 0 Å². The van der Waals surface area contributed by atoms with Gasteiger partial charge in [-0.25, -0.2) is 4.98 Å². The normalized spacial score (nSPS) is 15.0. The minimum atomic E-state index is -0.250. The van der Waals surface area contributed by atoms with Crippen molar-refractivity contribution in [3.05, 3.63) is 93.3 Å². The van der Waals surface area contributed by atoms with Gasteiger partial charge >= 0.3 is 0 Å². The second-order valence-corrected chi connectivity index (χ2v) is 9.03. The summed E-state index contributed by atoms with van der Waals surface area (Å²) in [5.74, 6) is 0.215. The number of nitrogens with one attached hydrogen (secondary N) is 1.